The van der Waals surface area contributed by atoms with Crippen LogP contribution in [-0.2, 0) is 11.2 Å². The number of carbonyl (C=O) groups excluding carboxylic acids is 1. The minimum atomic E-state index is -0.526. The topological polar surface area (TPSA) is 78.8 Å². The number of rotatable bonds is 2. The van der Waals surface area contributed by atoms with Crippen molar-refractivity contribution in [3.05, 3.63) is 17.7 Å². The lowest BCUT2D eigenvalue weighted by Gasteiger charge is -1.95. The van der Waals surface area contributed by atoms with Crippen LogP contribution in [0.15, 0.2) is 6.33 Å². The van der Waals surface area contributed by atoms with Crippen LogP contribution in [0.1, 0.15) is 16.2 Å². The Bertz CT molecular complexity index is 324. The number of nitrogens with one attached hydrogen (secondary N) is 1. The molecule has 1 rings (SSSR count). The molecule has 1 aromatic heterocycles. The summed E-state index contributed by atoms with van der Waals surface area (Å²) in [6, 6.07) is 1.91. The first-order valence-electron chi connectivity index (χ1n) is 3.27. The Balaban J connectivity index is 2.92. The summed E-state index contributed by atoms with van der Waals surface area (Å²) in [5.41, 5.74) is 0.670. The number of nitriles is 1. The zero-order valence-electron chi connectivity index (χ0n) is 6.50. The average molecular weight is 165 g/mol. The summed E-state index contributed by atoms with van der Waals surface area (Å²) in [4.78, 5) is 17.4. The third-order valence-corrected chi connectivity index (χ3v) is 1.35. The highest BCUT2D eigenvalue weighted by Crippen LogP contribution is 2.04. The SMILES string of the molecule is COC(=O)c1nc[nH]c1CC#N. The van der Waals surface area contributed by atoms with Gasteiger partial charge in [0.25, 0.3) is 0 Å². The van der Waals surface area contributed by atoms with E-state index >= 15 is 0 Å². The molecular formula is C7H7N3O2. The van der Waals surface area contributed by atoms with Crippen LogP contribution < -0.4 is 0 Å². The van der Waals surface area contributed by atoms with E-state index in [2.05, 4.69) is 14.7 Å². The number of imidazole rings is 1. The van der Waals surface area contributed by atoms with Crippen LogP contribution in [0.25, 0.3) is 0 Å². The molecule has 0 amide bonds. The van der Waals surface area contributed by atoms with Crippen molar-refractivity contribution in [2.24, 2.45) is 0 Å². The van der Waals surface area contributed by atoms with E-state index < -0.39 is 5.97 Å². The van der Waals surface area contributed by atoms with Gasteiger partial charge in [-0.15, -0.1) is 0 Å². The molecule has 0 saturated heterocycles. The summed E-state index contributed by atoms with van der Waals surface area (Å²) in [6.45, 7) is 0. The number of esters is 1. The Hall–Kier alpha value is -1.83. The van der Waals surface area contributed by atoms with Gasteiger partial charge in [0.2, 0.25) is 0 Å². The van der Waals surface area contributed by atoms with Crippen molar-refractivity contribution < 1.29 is 9.53 Å². The van der Waals surface area contributed by atoms with Gasteiger partial charge in [0.1, 0.15) is 0 Å². The molecule has 1 heterocycles. The van der Waals surface area contributed by atoms with Crippen molar-refractivity contribution >= 4 is 5.97 Å². The maximum atomic E-state index is 11.0. The predicted octanol–water partition coefficient (Wildman–Crippen LogP) is 0.262. The largest absolute Gasteiger partial charge is 0.464 e. The second-order valence-electron chi connectivity index (χ2n) is 2.06. The lowest BCUT2D eigenvalue weighted by atomic mass is 10.2. The lowest BCUT2D eigenvalue weighted by molar-refractivity contribution is 0.0593. The van der Waals surface area contributed by atoms with Gasteiger partial charge in [-0.1, -0.05) is 0 Å². The molecule has 0 spiro atoms. The van der Waals surface area contributed by atoms with Gasteiger partial charge in [-0.25, -0.2) is 9.78 Å². The summed E-state index contributed by atoms with van der Waals surface area (Å²) in [5, 5.41) is 8.37. The summed E-state index contributed by atoms with van der Waals surface area (Å²) in [6.07, 6.45) is 1.49. The standard InChI is InChI=1S/C7H7N3O2/c1-12-7(11)6-5(2-3-8)9-4-10-6/h4H,2H2,1H3,(H,9,10). The molecule has 0 unspecified atom stereocenters. The van der Waals surface area contributed by atoms with Crippen LogP contribution in [0.2, 0.25) is 0 Å². The van der Waals surface area contributed by atoms with Gasteiger partial charge in [0.05, 0.1) is 31.6 Å². The molecule has 0 aliphatic rings. The molecule has 0 aromatic carbocycles. The zero-order chi connectivity index (χ0) is 8.97. The number of methoxy groups -OCH3 is 1. The number of nitrogens with zero attached hydrogens (tertiary/aromatic N) is 2. The number of hydrogen-bond acceptors (Lipinski definition) is 4. The summed E-state index contributed by atoms with van der Waals surface area (Å²) >= 11 is 0. The minimum absolute atomic E-state index is 0.129. The molecule has 1 N–H and O–H groups in total. The number of H-pyrrole nitrogens is 1. The van der Waals surface area contributed by atoms with Gasteiger partial charge in [0.15, 0.2) is 5.69 Å². The Labute approximate surface area is 69.0 Å². The molecule has 0 aliphatic heterocycles. The van der Waals surface area contributed by atoms with Gasteiger partial charge >= 0.3 is 5.97 Å². The van der Waals surface area contributed by atoms with E-state index in [9.17, 15) is 4.79 Å². The van der Waals surface area contributed by atoms with E-state index in [0.717, 1.165) is 0 Å². The fraction of sp³-hybridized carbons (Fsp3) is 0.286. The number of carbonyl (C=O) groups is 1. The van der Waals surface area contributed by atoms with Gasteiger partial charge in [0, 0.05) is 0 Å². The third kappa shape index (κ3) is 1.42. The first kappa shape index (κ1) is 8.27. The van der Waals surface area contributed by atoms with Crippen molar-refractivity contribution in [3.8, 4) is 6.07 Å². The van der Waals surface area contributed by atoms with Crippen LogP contribution in [0.4, 0.5) is 0 Å². The number of ether oxygens (including phenoxy) is 1. The first-order chi connectivity index (χ1) is 5.79. The Kier molecular flexibility index (Phi) is 2.43. The number of aromatic amines is 1. The van der Waals surface area contributed by atoms with Crippen LogP contribution in [0.3, 0.4) is 0 Å². The fourth-order valence-corrected chi connectivity index (χ4v) is 0.807. The van der Waals surface area contributed by atoms with Crippen molar-refractivity contribution in [1.82, 2.24) is 9.97 Å². The maximum absolute atomic E-state index is 11.0. The normalized spacial score (nSPS) is 9.00. The van der Waals surface area contributed by atoms with Gasteiger partial charge in [-0.2, -0.15) is 5.26 Å². The van der Waals surface area contributed by atoms with E-state index in [4.69, 9.17) is 5.26 Å². The highest BCUT2D eigenvalue weighted by atomic mass is 16.5. The highest BCUT2D eigenvalue weighted by Gasteiger charge is 2.13. The quantitative estimate of drug-likeness (QED) is 0.637. The molecular weight excluding hydrogens is 158 g/mol. The van der Waals surface area contributed by atoms with E-state index in [-0.39, 0.29) is 12.1 Å². The van der Waals surface area contributed by atoms with E-state index in [0.29, 0.717) is 5.69 Å². The minimum Gasteiger partial charge on any atom is -0.464 e. The number of hydrogen-bond donors (Lipinski definition) is 1. The van der Waals surface area contributed by atoms with Crippen molar-refractivity contribution in [3.63, 3.8) is 0 Å². The van der Waals surface area contributed by atoms with Gasteiger partial charge in [-0.05, 0) is 0 Å². The van der Waals surface area contributed by atoms with Crippen molar-refractivity contribution in [1.29, 1.82) is 5.26 Å². The summed E-state index contributed by atoms with van der Waals surface area (Å²) in [7, 11) is 1.27. The molecule has 0 saturated carbocycles. The molecule has 0 aliphatic carbocycles. The maximum Gasteiger partial charge on any atom is 0.358 e. The molecule has 0 bridgehead atoms. The molecule has 5 nitrogen and oxygen atoms in total. The Morgan fingerprint density at radius 3 is 3.25 bits per heavy atom. The van der Waals surface area contributed by atoms with Crippen LogP contribution in [0.5, 0.6) is 0 Å². The molecule has 1 aromatic rings. The second kappa shape index (κ2) is 3.53. The number of aromatic nitrogens is 2. The molecule has 5 heteroatoms. The molecule has 0 fully saturated rings. The Morgan fingerprint density at radius 1 is 1.92 bits per heavy atom. The van der Waals surface area contributed by atoms with Crippen molar-refractivity contribution in [2.45, 2.75) is 6.42 Å². The molecule has 0 atom stereocenters. The smallest absolute Gasteiger partial charge is 0.358 e. The predicted molar refractivity (Wildman–Crippen MR) is 39.2 cm³/mol. The third-order valence-electron chi connectivity index (χ3n) is 1.35. The molecule has 12 heavy (non-hydrogen) atoms. The van der Waals surface area contributed by atoms with E-state index in [1.807, 2.05) is 6.07 Å². The monoisotopic (exact) mass is 165 g/mol. The first-order valence-corrected chi connectivity index (χ1v) is 3.27. The fourth-order valence-electron chi connectivity index (χ4n) is 0.807. The lowest BCUT2D eigenvalue weighted by Crippen LogP contribution is -2.05. The average Bonchev–Trinajstić information content (AvgIpc) is 2.52. The van der Waals surface area contributed by atoms with E-state index in [1.165, 1.54) is 13.4 Å². The van der Waals surface area contributed by atoms with Crippen molar-refractivity contribution in [2.75, 3.05) is 7.11 Å². The van der Waals surface area contributed by atoms with Crippen LogP contribution >= 0.6 is 0 Å². The summed E-state index contributed by atoms with van der Waals surface area (Å²) in [5.74, 6) is -0.526. The van der Waals surface area contributed by atoms with Crippen LogP contribution in [0, 0.1) is 11.3 Å². The van der Waals surface area contributed by atoms with E-state index in [1.54, 1.807) is 0 Å². The molecule has 62 valence electrons. The van der Waals surface area contributed by atoms with Gasteiger partial charge < -0.3 is 9.72 Å². The second-order valence-corrected chi connectivity index (χ2v) is 2.06. The highest BCUT2D eigenvalue weighted by molar-refractivity contribution is 5.88. The molecule has 0 radical (unpaired) electrons. The van der Waals surface area contributed by atoms with Crippen LogP contribution in [-0.4, -0.2) is 23.0 Å². The zero-order valence-corrected chi connectivity index (χ0v) is 6.50. The summed E-state index contributed by atoms with van der Waals surface area (Å²) < 4.78 is 4.45. The Morgan fingerprint density at radius 2 is 2.67 bits per heavy atom. The van der Waals surface area contributed by atoms with Gasteiger partial charge in [-0.3, -0.25) is 0 Å².